The Kier molecular flexibility index (Phi) is 7.26. The highest BCUT2D eigenvalue weighted by atomic mass is 35.5. The van der Waals surface area contributed by atoms with Gasteiger partial charge in [-0.25, -0.2) is 4.39 Å². The lowest BCUT2D eigenvalue weighted by Gasteiger charge is -2.27. The molecule has 4 rings (SSSR count). The molecule has 0 radical (unpaired) electrons. The molecule has 1 aliphatic rings. The molecule has 0 N–H and O–H groups in total. The van der Waals surface area contributed by atoms with E-state index in [4.69, 9.17) is 16.3 Å². The van der Waals surface area contributed by atoms with Crippen LogP contribution in [0.4, 0.5) is 4.39 Å². The molecular formula is C28H28ClFO2. The lowest BCUT2D eigenvalue weighted by atomic mass is 9.78. The van der Waals surface area contributed by atoms with E-state index >= 15 is 0 Å². The Morgan fingerprint density at radius 2 is 1.69 bits per heavy atom. The molecule has 0 aliphatic heterocycles. The second-order valence-corrected chi connectivity index (χ2v) is 9.21. The van der Waals surface area contributed by atoms with Gasteiger partial charge in [0.25, 0.3) is 0 Å². The zero-order chi connectivity index (χ0) is 22.5. The maximum Gasteiger partial charge on any atom is 0.314 e. The summed E-state index contributed by atoms with van der Waals surface area (Å²) < 4.78 is 19.0. The zero-order valence-electron chi connectivity index (χ0n) is 18.3. The van der Waals surface area contributed by atoms with Gasteiger partial charge >= 0.3 is 5.97 Å². The minimum atomic E-state index is -0.581. The predicted octanol–water partition coefficient (Wildman–Crippen LogP) is 7.70. The fraction of sp³-hybridized carbons (Fsp3) is 0.321. The number of carbonyl (C=O) groups excluding carboxylic acids is 1. The lowest BCUT2D eigenvalue weighted by Crippen LogP contribution is -2.25. The monoisotopic (exact) mass is 450 g/mol. The van der Waals surface area contributed by atoms with Crippen molar-refractivity contribution in [2.24, 2.45) is 5.92 Å². The topological polar surface area (TPSA) is 26.3 Å². The number of halogens is 2. The quantitative estimate of drug-likeness (QED) is 0.284. The zero-order valence-corrected chi connectivity index (χ0v) is 19.0. The molecule has 1 aliphatic carbocycles. The van der Waals surface area contributed by atoms with Crippen molar-refractivity contribution in [3.05, 3.63) is 100 Å². The molecule has 0 saturated heterocycles. The van der Waals surface area contributed by atoms with E-state index in [2.05, 4.69) is 61.5 Å². The van der Waals surface area contributed by atoms with Crippen LogP contribution >= 0.6 is 11.6 Å². The summed E-state index contributed by atoms with van der Waals surface area (Å²) >= 11 is 5.69. The van der Waals surface area contributed by atoms with Crippen molar-refractivity contribution >= 4 is 17.6 Å². The van der Waals surface area contributed by atoms with Crippen LogP contribution in [0, 0.1) is 11.7 Å². The molecule has 1 fully saturated rings. The van der Waals surface area contributed by atoms with E-state index in [0.29, 0.717) is 11.8 Å². The van der Waals surface area contributed by atoms with Crippen molar-refractivity contribution in [2.75, 3.05) is 0 Å². The summed E-state index contributed by atoms with van der Waals surface area (Å²) in [4.78, 5) is 12.5. The first-order valence-electron chi connectivity index (χ1n) is 11.3. The van der Waals surface area contributed by atoms with Gasteiger partial charge in [-0.15, -0.1) is 0 Å². The third kappa shape index (κ3) is 5.58. The van der Waals surface area contributed by atoms with Gasteiger partial charge in [0, 0.05) is 6.07 Å². The van der Waals surface area contributed by atoms with Crippen LogP contribution < -0.4 is 4.74 Å². The minimum Gasteiger partial charge on any atom is -0.426 e. The first kappa shape index (κ1) is 22.5. The van der Waals surface area contributed by atoms with Gasteiger partial charge in [0.2, 0.25) is 0 Å². The molecule has 0 aromatic heterocycles. The molecule has 0 heterocycles. The van der Waals surface area contributed by atoms with Crippen molar-refractivity contribution in [1.82, 2.24) is 0 Å². The number of hydrogen-bond donors (Lipinski definition) is 0. The van der Waals surface area contributed by atoms with Crippen LogP contribution in [0.25, 0.3) is 0 Å². The fourth-order valence-electron chi connectivity index (χ4n) is 4.58. The molecule has 0 bridgehead atoms. The van der Waals surface area contributed by atoms with Crippen molar-refractivity contribution in [3.8, 4) is 5.75 Å². The van der Waals surface area contributed by atoms with Gasteiger partial charge in [-0.1, -0.05) is 73.1 Å². The standard InChI is InChI=1S/C28H28ClFO2/c1-19(21-5-3-2-4-6-21)17-20-7-9-22(10-8-20)23-11-13-24(14-12-23)28(31)32-25-15-16-26(29)27(30)18-25/h2-10,15-16,18-19,23-24H,11-14,17H2,1H3/t19-,23?,24?/m0/s1. The molecule has 1 saturated carbocycles. The Hall–Kier alpha value is -2.65. The van der Waals surface area contributed by atoms with E-state index in [1.807, 2.05) is 0 Å². The Morgan fingerprint density at radius 3 is 2.34 bits per heavy atom. The van der Waals surface area contributed by atoms with Gasteiger partial charge < -0.3 is 4.74 Å². The molecule has 3 aromatic carbocycles. The molecule has 4 heteroatoms. The van der Waals surface area contributed by atoms with Crippen molar-refractivity contribution in [1.29, 1.82) is 0 Å². The van der Waals surface area contributed by atoms with E-state index in [1.54, 1.807) is 0 Å². The van der Waals surface area contributed by atoms with Gasteiger partial charge in [-0.05, 0) is 72.8 Å². The third-order valence-corrected chi connectivity index (χ3v) is 6.84. The first-order valence-corrected chi connectivity index (χ1v) is 11.7. The van der Waals surface area contributed by atoms with E-state index in [0.717, 1.165) is 38.2 Å². The van der Waals surface area contributed by atoms with Crippen LogP contribution in [-0.2, 0) is 11.2 Å². The highest BCUT2D eigenvalue weighted by molar-refractivity contribution is 6.30. The second kappa shape index (κ2) is 10.3. The Balaban J connectivity index is 1.29. The van der Waals surface area contributed by atoms with Crippen LogP contribution in [0.2, 0.25) is 5.02 Å². The lowest BCUT2D eigenvalue weighted by molar-refractivity contribution is -0.140. The largest absolute Gasteiger partial charge is 0.426 e. The first-order chi connectivity index (χ1) is 15.5. The summed E-state index contributed by atoms with van der Waals surface area (Å²) in [6, 6.07) is 23.7. The molecule has 0 unspecified atom stereocenters. The van der Waals surface area contributed by atoms with Crippen molar-refractivity contribution in [3.63, 3.8) is 0 Å². The number of benzene rings is 3. The molecule has 0 amide bonds. The van der Waals surface area contributed by atoms with E-state index in [-0.39, 0.29) is 22.7 Å². The number of rotatable bonds is 6. The van der Waals surface area contributed by atoms with E-state index in [9.17, 15) is 9.18 Å². The second-order valence-electron chi connectivity index (χ2n) is 8.80. The summed E-state index contributed by atoms with van der Waals surface area (Å²) in [5, 5.41) is 0.0193. The summed E-state index contributed by atoms with van der Waals surface area (Å²) in [5.41, 5.74) is 4.05. The third-order valence-electron chi connectivity index (χ3n) is 6.53. The van der Waals surface area contributed by atoms with Crippen LogP contribution in [-0.4, -0.2) is 5.97 Å². The van der Waals surface area contributed by atoms with Crippen LogP contribution in [0.1, 0.15) is 61.1 Å². The highest BCUT2D eigenvalue weighted by Gasteiger charge is 2.28. The van der Waals surface area contributed by atoms with E-state index < -0.39 is 5.82 Å². The predicted molar refractivity (Wildman–Crippen MR) is 127 cm³/mol. The summed E-state index contributed by atoms with van der Waals surface area (Å²) in [6.07, 6.45) is 4.50. The average Bonchev–Trinajstić information content (AvgIpc) is 2.82. The summed E-state index contributed by atoms with van der Waals surface area (Å²) in [6.45, 7) is 2.27. The fourth-order valence-corrected chi connectivity index (χ4v) is 4.70. The van der Waals surface area contributed by atoms with Gasteiger partial charge in [-0.3, -0.25) is 4.79 Å². The molecular weight excluding hydrogens is 423 g/mol. The van der Waals surface area contributed by atoms with Gasteiger partial charge in [0.05, 0.1) is 10.9 Å². The van der Waals surface area contributed by atoms with Crippen molar-refractivity contribution < 1.29 is 13.9 Å². The smallest absolute Gasteiger partial charge is 0.314 e. The number of esters is 1. The molecule has 0 spiro atoms. The highest BCUT2D eigenvalue weighted by Crippen LogP contribution is 2.37. The maximum absolute atomic E-state index is 13.6. The number of ether oxygens (including phenoxy) is 1. The Morgan fingerprint density at radius 1 is 1.00 bits per heavy atom. The molecule has 1 atom stereocenters. The maximum atomic E-state index is 13.6. The SMILES string of the molecule is C[C@@H](Cc1ccc(C2CCC(C(=O)Oc3ccc(Cl)c(F)c3)CC2)cc1)c1ccccc1. The molecule has 2 nitrogen and oxygen atoms in total. The summed E-state index contributed by atoms with van der Waals surface area (Å²) in [5.74, 6) is 0.151. The van der Waals surface area contributed by atoms with Crippen molar-refractivity contribution in [2.45, 2.75) is 50.9 Å². The van der Waals surface area contributed by atoms with Gasteiger partial charge in [0.1, 0.15) is 11.6 Å². The van der Waals surface area contributed by atoms with E-state index in [1.165, 1.54) is 28.8 Å². The van der Waals surface area contributed by atoms with Crippen LogP contribution in [0.3, 0.4) is 0 Å². The Labute approximate surface area is 194 Å². The summed E-state index contributed by atoms with van der Waals surface area (Å²) in [7, 11) is 0. The van der Waals surface area contributed by atoms with Gasteiger partial charge in [-0.2, -0.15) is 0 Å². The normalized spacial score (nSPS) is 19.3. The Bertz CT molecular complexity index is 1040. The van der Waals surface area contributed by atoms with Crippen LogP contribution in [0.15, 0.2) is 72.8 Å². The molecule has 32 heavy (non-hydrogen) atoms. The minimum absolute atomic E-state index is 0.0193. The number of hydrogen-bond acceptors (Lipinski definition) is 2. The van der Waals surface area contributed by atoms with Crippen LogP contribution in [0.5, 0.6) is 5.75 Å². The molecule has 166 valence electrons. The van der Waals surface area contributed by atoms with Gasteiger partial charge in [0.15, 0.2) is 0 Å². The number of carbonyl (C=O) groups is 1. The molecule has 3 aromatic rings. The average molecular weight is 451 g/mol.